The minimum Gasteiger partial charge on any atom is -0.369 e. The third-order valence-corrected chi connectivity index (χ3v) is 5.22. The van der Waals surface area contributed by atoms with Crippen molar-refractivity contribution in [3.05, 3.63) is 64.3 Å². The van der Waals surface area contributed by atoms with Crippen LogP contribution in [0.4, 0.5) is 5.95 Å². The van der Waals surface area contributed by atoms with Crippen LogP contribution in [0, 0.1) is 0 Å². The first-order valence-corrected chi connectivity index (χ1v) is 8.45. The van der Waals surface area contributed by atoms with Crippen LogP contribution in [0.3, 0.4) is 0 Å². The minimum atomic E-state index is -0.0972. The van der Waals surface area contributed by atoms with E-state index in [0.29, 0.717) is 5.92 Å². The van der Waals surface area contributed by atoms with Crippen LogP contribution in [0.5, 0.6) is 0 Å². The van der Waals surface area contributed by atoms with Gasteiger partial charge < -0.3 is 5.73 Å². The molecule has 6 heteroatoms. The molecule has 0 bridgehead atoms. The highest BCUT2D eigenvalue weighted by molar-refractivity contribution is 5.62. The number of anilines is 1. The molecule has 0 amide bonds. The molecule has 25 heavy (non-hydrogen) atoms. The molecule has 3 aromatic rings. The van der Waals surface area contributed by atoms with E-state index in [1.165, 1.54) is 10.1 Å². The predicted octanol–water partition coefficient (Wildman–Crippen LogP) is 2.42. The zero-order valence-corrected chi connectivity index (χ0v) is 14.4. The quantitative estimate of drug-likeness (QED) is 0.797. The molecule has 1 aliphatic carbocycles. The molecule has 2 unspecified atom stereocenters. The van der Waals surface area contributed by atoms with Crippen LogP contribution in [0.25, 0.3) is 11.1 Å². The van der Waals surface area contributed by atoms with Gasteiger partial charge >= 0.3 is 0 Å². The minimum absolute atomic E-state index is 0.0972. The van der Waals surface area contributed by atoms with Gasteiger partial charge in [-0.3, -0.25) is 14.0 Å². The van der Waals surface area contributed by atoms with Gasteiger partial charge in [-0.15, -0.1) is 0 Å². The summed E-state index contributed by atoms with van der Waals surface area (Å²) in [6.07, 6.45) is 6.02. The summed E-state index contributed by atoms with van der Waals surface area (Å²) in [7, 11) is 3.56. The maximum absolute atomic E-state index is 12.0. The lowest BCUT2D eigenvalue weighted by Crippen LogP contribution is -2.28. The normalized spacial score (nSPS) is 19.6. The van der Waals surface area contributed by atoms with Gasteiger partial charge in [0.15, 0.2) is 0 Å². The van der Waals surface area contributed by atoms with E-state index < -0.39 is 0 Å². The smallest absolute Gasteiger partial charge is 0.254 e. The van der Waals surface area contributed by atoms with Crippen LogP contribution in [0.2, 0.25) is 0 Å². The number of nitrogens with two attached hydrogens (primary N) is 1. The van der Waals surface area contributed by atoms with Crippen molar-refractivity contribution >= 4 is 5.95 Å². The highest BCUT2D eigenvalue weighted by Crippen LogP contribution is 2.48. The molecule has 6 nitrogen and oxygen atoms in total. The molecule has 1 aliphatic rings. The molecule has 128 valence electrons. The highest BCUT2D eigenvalue weighted by Gasteiger charge is 2.34. The van der Waals surface area contributed by atoms with Crippen molar-refractivity contribution in [3.63, 3.8) is 0 Å². The van der Waals surface area contributed by atoms with E-state index in [1.807, 2.05) is 19.4 Å². The van der Waals surface area contributed by atoms with Crippen molar-refractivity contribution in [3.8, 4) is 11.1 Å². The summed E-state index contributed by atoms with van der Waals surface area (Å²) in [5.41, 5.74) is 10.1. The molecule has 1 aromatic carbocycles. The third-order valence-electron chi connectivity index (χ3n) is 5.22. The van der Waals surface area contributed by atoms with Crippen LogP contribution in [0.15, 0.2) is 47.5 Å². The third kappa shape index (κ3) is 2.73. The van der Waals surface area contributed by atoms with Crippen LogP contribution in [-0.4, -0.2) is 19.3 Å². The van der Waals surface area contributed by atoms with Gasteiger partial charge in [-0.1, -0.05) is 24.3 Å². The van der Waals surface area contributed by atoms with Crippen molar-refractivity contribution in [2.75, 3.05) is 5.73 Å². The lowest BCUT2D eigenvalue weighted by Gasteiger charge is -2.36. The van der Waals surface area contributed by atoms with Crippen molar-refractivity contribution in [1.29, 1.82) is 0 Å². The molecule has 4 rings (SSSR count). The van der Waals surface area contributed by atoms with Crippen LogP contribution in [-0.2, 0) is 14.1 Å². The SMILES string of the molecule is Cn1cc(-c2ccc(C3CCC3c3cc(=O)n(C)c(N)n3)cc2)cn1. The molecule has 2 atom stereocenters. The number of aryl methyl sites for hydroxylation is 1. The van der Waals surface area contributed by atoms with Gasteiger partial charge in [0.2, 0.25) is 5.95 Å². The van der Waals surface area contributed by atoms with E-state index in [-0.39, 0.29) is 17.4 Å². The number of aromatic nitrogens is 4. The summed E-state index contributed by atoms with van der Waals surface area (Å²) < 4.78 is 3.18. The average molecular weight is 335 g/mol. The van der Waals surface area contributed by atoms with Gasteiger partial charge in [0.05, 0.1) is 11.9 Å². The van der Waals surface area contributed by atoms with E-state index in [4.69, 9.17) is 5.73 Å². The Bertz CT molecular complexity index is 970. The van der Waals surface area contributed by atoms with Gasteiger partial charge in [-0.2, -0.15) is 5.10 Å². The van der Waals surface area contributed by atoms with Gasteiger partial charge in [-0.05, 0) is 29.9 Å². The lowest BCUT2D eigenvalue weighted by molar-refractivity contribution is 0.339. The number of benzene rings is 1. The summed E-state index contributed by atoms with van der Waals surface area (Å²) in [6, 6.07) is 10.2. The van der Waals surface area contributed by atoms with Gasteiger partial charge in [0.25, 0.3) is 5.56 Å². The van der Waals surface area contributed by atoms with Crippen molar-refractivity contribution in [1.82, 2.24) is 19.3 Å². The van der Waals surface area contributed by atoms with Crippen molar-refractivity contribution in [2.45, 2.75) is 24.7 Å². The fourth-order valence-corrected chi connectivity index (χ4v) is 3.51. The topological polar surface area (TPSA) is 78.7 Å². The predicted molar refractivity (Wildman–Crippen MR) is 97.3 cm³/mol. The number of nitrogen functional groups attached to an aromatic ring is 1. The Hall–Kier alpha value is -2.89. The fourth-order valence-electron chi connectivity index (χ4n) is 3.51. The van der Waals surface area contributed by atoms with Crippen molar-refractivity contribution in [2.24, 2.45) is 14.1 Å². The number of hydrogen-bond acceptors (Lipinski definition) is 4. The molecule has 0 aliphatic heterocycles. The summed E-state index contributed by atoms with van der Waals surface area (Å²) in [6.45, 7) is 0. The zero-order chi connectivity index (χ0) is 17.6. The van der Waals surface area contributed by atoms with E-state index in [1.54, 1.807) is 17.8 Å². The summed E-state index contributed by atoms with van der Waals surface area (Å²) >= 11 is 0. The molecule has 1 fully saturated rings. The second kappa shape index (κ2) is 5.88. The fraction of sp³-hybridized carbons (Fsp3) is 0.316. The monoisotopic (exact) mass is 335 g/mol. The molecule has 0 saturated heterocycles. The van der Waals surface area contributed by atoms with Gasteiger partial charge in [0.1, 0.15) is 0 Å². The highest BCUT2D eigenvalue weighted by atomic mass is 16.1. The number of hydrogen-bond donors (Lipinski definition) is 1. The molecule has 1 saturated carbocycles. The van der Waals surface area contributed by atoms with E-state index in [2.05, 4.69) is 34.3 Å². The van der Waals surface area contributed by atoms with E-state index in [9.17, 15) is 4.79 Å². The summed E-state index contributed by atoms with van der Waals surface area (Å²) in [4.78, 5) is 16.4. The van der Waals surface area contributed by atoms with E-state index >= 15 is 0 Å². The number of nitrogens with zero attached hydrogens (tertiary/aromatic N) is 4. The Labute approximate surface area is 145 Å². The molecular formula is C19H21N5O. The maximum Gasteiger partial charge on any atom is 0.254 e. The zero-order valence-electron chi connectivity index (χ0n) is 14.4. The maximum atomic E-state index is 12.0. The first kappa shape index (κ1) is 15.6. The summed E-state index contributed by atoms with van der Waals surface area (Å²) in [5, 5.41) is 4.22. The van der Waals surface area contributed by atoms with Crippen LogP contribution in [0.1, 0.15) is 35.9 Å². The first-order chi connectivity index (χ1) is 12.0. The standard InChI is InChI=1S/C19H21N5O/c1-23-11-14(10-21-23)12-3-5-13(6-4-12)15-7-8-16(15)17-9-18(25)24(2)19(20)22-17/h3-6,9-11,15-16H,7-8H2,1-2H3,(H2,20,22). The van der Waals surface area contributed by atoms with Crippen LogP contribution >= 0.6 is 0 Å². The molecule has 2 N–H and O–H groups in total. The molecule has 0 spiro atoms. The Morgan fingerprint density at radius 1 is 1.08 bits per heavy atom. The molecule has 0 radical (unpaired) electrons. The first-order valence-electron chi connectivity index (χ1n) is 8.45. The van der Waals surface area contributed by atoms with Crippen LogP contribution < -0.4 is 11.3 Å². The van der Waals surface area contributed by atoms with Gasteiger partial charge in [0, 0.05) is 37.8 Å². The Kier molecular flexibility index (Phi) is 3.67. The molecular weight excluding hydrogens is 314 g/mol. The lowest BCUT2D eigenvalue weighted by atomic mass is 9.68. The Morgan fingerprint density at radius 3 is 2.36 bits per heavy atom. The largest absolute Gasteiger partial charge is 0.369 e. The van der Waals surface area contributed by atoms with Crippen molar-refractivity contribution < 1.29 is 0 Å². The Morgan fingerprint density at radius 2 is 1.80 bits per heavy atom. The van der Waals surface area contributed by atoms with E-state index in [0.717, 1.165) is 29.7 Å². The second-order valence-corrected chi connectivity index (χ2v) is 6.75. The number of rotatable bonds is 3. The van der Waals surface area contributed by atoms with Gasteiger partial charge in [-0.25, -0.2) is 4.98 Å². The molecule has 2 aromatic heterocycles. The Balaban J connectivity index is 1.59. The molecule has 2 heterocycles. The average Bonchev–Trinajstić information content (AvgIpc) is 2.99. The summed E-state index contributed by atoms with van der Waals surface area (Å²) in [5.74, 6) is 0.933. The second-order valence-electron chi connectivity index (χ2n) is 6.75.